The number of aliphatic carboxylic acids is 2. The lowest BCUT2D eigenvalue weighted by atomic mass is 9.77. The Labute approximate surface area is 165 Å². The van der Waals surface area contributed by atoms with Gasteiger partial charge in [-0.15, -0.1) is 0 Å². The molecule has 1 aromatic carbocycles. The lowest BCUT2D eigenvalue weighted by Gasteiger charge is -2.44. The summed E-state index contributed by atoms with van der Waals surface area (Å²) in [5.74, 6) is -2.43. The van der Waals surface area contributed by atoms with E-state index in [1.54, 1.807) is 0 Å². The van der Waals surface area contributed by atoms with Gasteiger partial charge >= 0.3 is 11.9 Å². The fourth-order valence-electron chi connectivity index (χ4n) is 4.15. The monoisotopic (exact) mass is 388 g/mol. The zero-order valence-electron chi connectivity index (χ0n) is 16.1. The van der Waals surface area contributed by atoms with Gasteiger partial charge in [0.2, 0.25) is 0 Å². The average molecular weight is 388 g/mol. The van der Waals surface area contributed by atoms with Crippen LogP contribution in [0.3, 0.4) is 0 Å². The fraction of sp³-hybridized carbons (Fsp3) is 0.476. The summed E-state index contributed by atoms with van der Waals surface area (Å²) in [6.45, 7) is 1.10. The molecular formula is C21H28N2O5. The van der Waals surface area contributed by atoms with Gasteiger partial charge in [0.1, 0.15) is 0 Å². The van der Waals surface area contributed by atoms with Crippen molar-refractivity contribution in [1.82, 2.24) is 10.2 Å². The van der Waals surface area contributed by atoms with Gasteiger partial charge < -0.3 is 15.5 Å². The van der Waals surface area contributed by atoms with Gasteiger partial charge in [-0.25, -0.2) is 9.59 Å². The van der Waals surface area contributed by atoms with Crippen LogP contribution in [-0.2, 0) is 9.59 Å². The first-order valence-electron chi connectivity index (χ1n) is 9.56. The van der Waals surface area contributed by atoms with Crippen molar-refractivity contribution in [3.05, 3.63) is 48.0 Å². The van der Waals surface area contributed by atoms with Crippen molar-refractivity contribution in [3.63, 3.8) is 0 Å². The van der Waals surface area contributed by atoms with E-state index < -0.39 is 11.9 Å². The highest BCUT2D eigenvalue weighted by Crippen LogP contribution is 2.40. The molecule has 28 heavy (non-hydrogen) atoms. The zero-order chi connectivity index (χ0) is 20.6. The van der Waals surface area contributed by atoms with Crippen molar-refractivity contribution in [2.45, 2.75) is 50.1 Å². The van der Waals surface area contributed by atoms with Gasteiger partial charge in [0.05, 0.1) is 0 Å². The molecule has 3 N–H and O–H groups in total. The summed E-state index contributed by atoms with van der Waals surface area (Å²) < 4.78 is 0. The summed E-state index contributed by atoms with van der Waals surface area (Å²) in [7, 11) is 2.22. The van der Waals surface area contributed by atoms with E-state index in [0.717, 1.165) is 18.5 Å². The molecule has 2 aliphatic rings. The van der Waals surface area contributed by atoms with Crippen LogP contribution < -0.4 is 5.32 Å². The van der Waals surface area contributed by atoms with E-state index in [0.29, 0.717) is 18.2 Å². The van der Waals surface area contributed by atoms with Crippen LogP contribution in [0.15, 0.2) is 42.5 Å². The number of carbonyl (C=O) groups is 3. The first kappa shape index (κ1) is 21.6. The Balaban J connectivity index is 0.000000300. The van der Waals surface area contributed by atoms with Crippen molar-refractivity contribution in [3.8, 4) is 0 Å². The molecule has 1 aliphatic carbocycles. The van der Waals surface area contributed by atoms with Crippen molar-refractivity contribution in [1.29, 1.82) is 0 Å². The van der Waals surface area contributed by atoms with E-state index in [1.165, 1.54) is 32.1 Å². The van der Waals surface area contributed by atoms with Crippen molar-refractivity contribution in [2.75, 3.05) is 13.6 Å². The smallest absolute Gasteiger partial charge is 0.328 e. The Morgan fingerprint density at radius 2 is 1.61 bits per heavy atom. The summed E-state index contributed by atoms with van der Waals surface area (Å²) in [4.78, 5) is 34.0. The SMILES string of the molecule is CN1CCC(NC(=O)c2ccccc2)C12CCCCC2.O=C(O)/C=C/C(=O)O. The van der Waals surface area contributed by atoms with Crippen molar-refractivity contribution >= 4 is 17.8 Å². The number of amides is 1. The highest BCUT2D eigenvalue weighted by atomic mass is 16.4. The Hall–Kier alpha value is -2.67. The number of benzene rings is 1. The highest BCUT2D eigenvalue weighted by Gasteiger charge is 2.47. The van der Waals surface area contributed by atoms with Gasteiger partial charge in [-0.1, -0.05) is 37.5 Å². The summed E-state index contributed by atoms with van der Waals surface area (Å²) in [6.07, 6.45) is 8.57. The Morgan fingerprint density at radius 1 is 1.04 bits per heavy atom. The second-order valence-electron chi connectivity index (χ2n) is 7.28. The third kappa shape index (κ3) is 5.66. The van der Waals surface area contributed by atoms with Gasteiger partial charge in [-0.05, 0) is 38.4 Å². The van der Waals surface area contributed by atoms with Crippen LogP contribution in [0.25, 0.3) is 0 Å². The van der Waals surface area contributed by atoms with Gasteiger partial charge in [0, 0.05) is 35.8 Å². The molecule has 1 saturated heterocycles. The molecule has 1 aliphatic heterocycles. The maximum Gasteiger partial charge on any atom is 0.328 e. The Kier molecular flexibility index (Phi) is 7.75. The van der Waals surface area contributed by atoms with Crippen LogP contribution in [0.4, 0.5) is 0 Å². The van der Waals surface area contributed by atoms with Gasteiger partial charge in [0.25, 0.3) is 5.91 Å². The molecule has 2 fully saturated rings. The predicted molar refractivity (Wildman–Crippen MR) is 105 cm³/mol. The number of likely N-dealkylation sites (tertiary alicyclic amines) is 1. The summed E-state index contributed by atoms with van der Waals surface area (Å²) >= 11 is 0. The molecule has 1 saturated carbocycles. The zero-order valence-corrected chi connectivity index (χ0v) is 16.1. The Morgan fingerprint density at radius 3 is 2.14 bits per heavy atom. The van der Waals surface area contributed by atoms with Crippen molar-refractivity contribution in [2.24, 2.45) is 0 Å². The molecular weight excluding hydrogens is 360 g/mol. The number of nitrogens with one attached hydrogen (secondary N) is 1. The second kappa shape index (κ2) is 10.0. The number of rotatable bonds is 4. The standard InChI is InChI=1S/C17H24N2O.C4H4O4/c1-19-13-10-15(17(19)11-6-3-7-12-17)18-16(20)14-8-4-2-5-9-14;5-3(6)1-2-4(7)8/h2,4-5,8-9,15H,3,6-7,10-13H2,1H3,(H,18,20);1-2H,(H,5,6)(H,7,8)/b;2-1+. The number of likely N-dealkylation sites (N-methyl/N-ethyl adjacent to an activating group) is 1. The number of hydrogen-bond donors (Lipinski definition) is 3. The summed E-state index contributed by atoms with van der Waals surface area (Å²) in [5, 5.41) is 18.9. The largest absolute Gasteiger partial charge is 0.478 e. The van der Waals surface area contributed by atoms with Gasteiger partial charge in [-0.2, -0.15) is 0 Å². The predicted octanol–water partition coefficient (Wildman–Crippen LogP) is 2.54. The normalized spacial score (nSPS) is 21.1. The Bertz CT molecular complexity index is 695. The van der Waals surface area contributed by atoms with Crippen LogP contribution in [0.5, 0.6) is 0 Å². The molecule has 1 unspecified atom stereocenters. The van der Waals surface area contributed by atoms with E-state index in [1.807, 2.05) is 30.3 Å². The third-order valence-corrected chi connectivity index (χ3v) is 5.59. The third-order valence-electron chi connectivity index (χ3n) is 5.59. The van der Waals surface area contributed by atoms with E-state index >= 15 is 0 Å². The minimum atomic E-state index is -1.26. The molecule has 0 aromatic heterocycles. The molecule has 1 spiro atoms. The molecule has 3 rings (SSSR count). The molecule has 0 bridgehead atoms. The van der Waals surface area contributed by atoms with Crippen molar-refractivity contribution < 1.29 is 24.6 Å². The molecule has 1 amide bonds. The topological polar surface area (TPSA) is 107 Å². The summed E-state index contributed by atoms with van der Waals surface area (Å²) in [5.41, 5.74) is 0.982. The first-order chi connectivity index (χ1) is 13.3. The van der Waals surface area contributed by atoms with Crippen LogP contribution in [-0.4, -0.2) is 58.1 Å². The number of carboxylic acids is 2. The summed E-state index contributed by atoms with van der Waals surface area (Å²) in [6, 6.07) is 9.88. The number of carbonyl (C=O) groups excluding carboxylic acids is 1. The molecule has 0 radical (unpaired) electrons. The number of nitrogens with zero attached hydrogens (tertiary/aromatic N) is 1. The van der Waals surface area contributed by atoms with Crippen LogP contribution >= 0.6 is 0 Å². The quantitative estimate of drug-likeness (QED) is 0.684. The molecule has 1 heterocycles. The minimum absolute atomic E-state index is 0.0795. The maximum atomic E-state index is 12.4. The van der Waals surface area contributed by atoms with Crippen LogP contribution in [0.1, 0.15) is 48.9 Å². The minimum Gasteiger partial charge on any atom is -0.478 e. The van der Waals surface area contributed by atoms with Gasteiger partial charge in [-0.3, -0.25) is 9.69 Å². The molecule has 1 atom stereocenters. The van der Waals surface area contributed by atoms with E-state index in [2.05, 4.69) is 17.3 Å². The second-order valence-corrected chi connectivity index (χ2v) is 7.28. The fourth-order valence-corrected chi connectivity index (χ4v) is 4.15. The lowest BCUT2D eigenvalue weighted by molar-refractivity contribution is -0.134. The number of carboxylic acid groups (broad SMARTS) is 2. The average Bonchev–Trinajstić information content (AvgIpc) is 2.97. The highest BCUT2D eigenvalue weighted by molar-refractivity contribution is 5.94. The molecule has 152 valence electrons. The first-order valence-corrected chi connectivity index (χ1v) is 9.56. The van der Waals surface area contributed by atoms with E-state index in [-0.39, 0.29) is 11.4 Å². The number of hydrogen-bond acceptors (Lipinski definition) is 4. The maximum absolute atomic E-state index is 12.4. The van der Waals surface area contributed by atoms with Gasteiger partial charge in [0.15, 0.2) is 0 Å². The van der Waals surface area contributed by atoms with Crippen LogP contribution in [0, 0.1) is 0 Å². The lowest BCUT2D eigenvalue weighted by Crippen LogP contribution is -2.56. The van der Waals surface area contributed by atoms with Crippen LogP contribution in [0.2, 0.25) is 0 Å². The molecule has 1 aromatic rings. The molecule has 7 heteroatoms. The van der Waals surface area contributed by atoms with E-state index in [4.69, 9.17) is 10.2 Å². The molecule has 7 nitrogen and oxygen atoms in total. The van der Waals surface area contributed by atoms with E-state index in [9.17, 15) is 14.4 Å².